The van der Waals surface area contributed by atoms with Crippen molar-refractivity contribution in [3.63, 3.8) is 0 Å². The van der Waals surface area contributed by atoms with E-state index in [1.54, 1.807) is 6.42 Å². The molecule has 0 heterocycles. The Balaban J connectivity index is 1.87. The summed E-state index contributed by atoms with van der Waals surface area (Å²) in [5.41, 5.74) is 0. The molecule has 0 radical (unpaired) electrons. The van der Waals surface area contributed by atoms with Crippen molar-refractivity contribution in [3.8, 4) is 0 Å². The summed E-state index contributed by atoms with van der Waals surface area (Å²) in [5, 5.41) is 0. The zero-order chi connectivity index (χ0) is 9.97. The molecule has 2 atom stereocenters. The Morgan fingerprint density at radius 1 is 0.714 bits per heavy atom. The lowest BCUT2D eigenvalue weighted by atomic mass is 9.67. The standard InChI is InChI=1S/C14H26/c1-11-7-9-13(10-8-11)14-6-4-3-5-12(14)2/h11-14H,3-10H2,1-2H3. The van der Waals surface area contributed by atoms with Gasteiger partial charge in [0, 0.05) is 0 Å². The zero-order valence-electron chi connectivity index (χ0n) is 9.97. The van der Waals surface area contributed by atoms with Crippen LogP contribution < -0.4 is 0 Å². The molecule has 0 aromatic carbocycles. The van der Waals surface area contributed by atoms with Crippen LogP contribution in [0.15, 0.2) is 0 Å². The molecule has 2 saturated carbocycles. The van der Waals surface area contributed by atoms with Crippen LogP contribution in [0, 0.1) is 23.7 Å². The van der Waals surface area contributed by atoms with E-state index in [0.29, 0.717) is 0 Å². The molecule has 0 nitrogen and oxygen atoms in total. The van der Waals surface area contributed by atoms with Crippen molar-refractivity contribution in [2.45, 2.75) is 65.2 Å². The van der Waals surface area contributed by atoms with Crippen LogP contribution >= 0.6 is 0 Å². The van der Waals surface area contributed by atoms with E-state index >= 15 is 0 Å². The molecule has 0 bridgehead atoms. The monoisotopic (exact) mass is 194 g/mol. The minimum atomic E-state index is 1.02. The summed E-state index contributed by atoms with van der Waals surface area (Å²) in [6.07, 6.45) is 12.2. The van der Waals surface area contributed by atoms with Gasteiger partial charge in [0.1, 0.15) is 0 Å². The van der Waals surface area contributed by atoms with Crippen LogP contribution in [0.4, 0.5) is 0 Å². The van der Waals surface area contributed by atoms with Gasteiger partial charge in [-0.25, -0.2) is 0 Å². The molecule has 0 aromatic heterocycles. The summed E-state index contributed by atoms with van der Waals surface area (Å²) in [6, 6.07) is 0. The first-order valence-corrected chi connectivity index (χ1v) is 6.77. The Labute approximate surface area is 89.5 Å². The Morgan fingerprint density at radius 2 is 1.36 bits per heavy atom. The molecule has 2 aliphatic carbocycles. The highest BCUT2D eigenvalue weighted by Gasteiger charge is 2.30. The van der Waals surface area contributed by atoms with Crippen molar-refractivity contribution < 1.29 is 0 Å². The molecule has 0 aliphatic heterocycles. The van der Waals surface area contributed by atoms with Crippen LogP contribution in [0.1, 0.15) is 65.2 Å². The Bertz CT molecular complexity index is 165. The van der Waals surface area contributed by atoms with Crippen molar-refractivity contribution in [3.05, 3.63) is 0 Å². The molecule has 0 spiro atoms. The first kappa shape index (κ1) is 10.5. The predicted molar refractivity (Wildman–Crippen MR) is 62.2 cm³/mol. The number of hydrogen-bond acceptors (Lipinski definition) is 0. The van der Waals surface area contributed by atoms with Crippen LogP contribution in [0.2, 0.25) is 0 Å². The van der Waals surface area contributed by atoms with E-state index in [0.717, 1.165) is 23.7 Å². The van der Waals surface area contributed by atoms with Gasteiger partial charge in [-0.15, -0.1) is 0 Å². The minimum Gasteiger partial charge on any atom is -0.0625 e. The Hall–Kier alpha value is 0. The van der Waals surface area contributed by atoms with Gasteiger partial charge in [-0.3, -0.25) is 0 Å². The van der Waals surface area contributed by atoms with E-state index < -0.39 is 0 Å². The molecule has 0 N–H and O–H groups in total. The summed E-state index contributed by atoms with van der Waals surface area (Å²) < 4.78 is 0. The highest BCUT2D eigenvalue weighted by molar-refractivity contribution is 4.82. The van der Waals surface area contributed by atoms with Crippen molar-refractivity contribution in [1.29, 1.82) is 0 Å². The fourth-order valence-corrected chi connectivity index (χ4v) is 3.76. The summed E-state index contributed by atoms with van der Waals surface area (Å²) in [5.74, 6) is 4.24. The van der Waals surface area contributed by atoms with Gasteiger partial charge in [-0.2, -0.15) is 0 Å². The van der Waals surface area contributed by atoms with Gasteiger partial charge in [0.25, 0.3) is 0 Å². The van der Waals surface area contributed by atoms with E-state index in [2.05, 4.69) is 13.8 Å². The third-order valence-electron chi connectivity index (χ3n) is 4.84. The van der Waals surface area contributed by atoms with Crippen LogP contribution in [0.3, 0.4) is 0 Å². The van der Waals surface area contributed by atoms with Gasteiger partial charge in [-0.1, -0.05) is 46.0 Å². The van der Waals surface area contributed by atoms with Gasteiger partial charge in [-0.05, 0) is 42.9 Å². The van der Waals surface area contributed by atoms with Crippen molar-refractivity contribution in [1.82, 2.24) is 0 Å². The van der Waals surface area contributed by atoms with E-state index in [9.17, 15) is 0 Å². The second-order valence-electron chi connectivity index (χ2n) is 5.95. The topological polar surface area (TPSA) is 0 Å². The SMILES string of the molecule is CC1CCC(C2CCCCC2C)CC1. The van der Waals surface area contributed by atoms with Gasteiger partial charge in [0.15, 0.2) is 0 Å². The smallest absolute Gasteiger partial charge is 0.0360 e. The van der Waals surface area contributed by atoms with Crippen LogP contribution in [0.25, 0.3) is 0 Å². The molecule has 0 saturated heterocycles. The van der Waals surface area contributed by atoms with Crippen molar-refractivity contribution in [2.24, 2.45) is 23.7 Å². The number of hydrogen-bond donors (Lipinski definition) is 0. The average molecular weight is 194 g/mol. The molecule has 0 aromatic rings. The molecule has 2 fully saturated rings. The molecule has 82 valence electrons. The van der Waals surface area contributed by atoms with Gasteiger partial charge < -0.3 is 0 Å². The molecule has 0 amide bonds. The summed E-state index contributed by atoms with van der Waals surface area (Å²) in [4.78, 5) is 0. The second kappa shape index (κ2) is 4.68. The quantitative estimate of drug-likeness (QED) is 0.570. The minimum absolute atomic E-state index is 1.02. The number of rotatable bonds is 1. The first-order valence-electron chi connectivity index (χ1n) is 6.77. The average Bonchev–Trinajstić information content (AvgIpc) is 2.20. The van der Waals surface area contributed by atoms with Gasteiger partial charge >= 0.3 is 0 Å². The summed E-state index contributed by atoms with van der Waals surface area (Å²) >= 11 is 0. The molecular formula is C14H26. The largest absolute Gasteiger partial charge is 0.0625 e. The molecule has 2 aliphatic rings. The second-order valence-corrected chi connectivity index (χ2v) is 5.95. The molecule has 2 rings (SSSR count). The van der Waals surface area contributed by atoms with Crippen molar-refractivity contribution >= 4 is 0 Å². The highest BCUT2D eigenvalue weighted by Crippen LogP contribution is 2.42. The summed E-state index contributed by atoms with van der Waals surface area (Å²) in [6.45, 7) is 4.93. The van der Waals surface area contributed by atoms with Gasteiger partial charge in [0.2, 0.25) is 0 Å². The summed E-state index contributed by atoms with van der Waals surface area (Å²) in [7, 11) is 0. The lowest BCUT2D eigenvalue weighted by Crippen LogP contribution is -2.28. The maximum atomic E-state index is 2.50. The Morgan fingerprint density at radius 3 is 2.00 bits per heavy atom. The normalized spacial score (nSPS) is 45.0. The van der Waals surface area contributed by atoms with Crippen LogP contribution in [-0.4, -0.2) is 0 Å². The fourth-order valence-electron chi connectivity index (χ4n) is 3.76. The highest BCUT2D eigenvalue weighted by atomic mass is 14.4. The maximum absolute atomic E-state index is 2.50. The molecule has 0 heteroatoms. The first-order chi connectivity index (χ1) is 6.77. The molecular weight excluding hydrogens is 168 g/mol. The van der Waals surface area contributed by atoms with Crippen LogP contribution in [-0.2, 0) is 0 Å². The lowest BCUT2D eigenvalue weighted by molar-refractivity contribution is 0.125. The zero-order valence-corrected chi connectivity index (χ0v) is 9.97. The lowest BCUT2D eigenvalue weighted by Gasteiger charge is -2.38. The Kier molecular flexibility index (Phi) is 3.52. The molecule has 14 heavy (non-hydrogen) atoms. The third kappa shape index (κ3) is 2.32. The van der Waals surface area contributed by atoms with E-state index in [4.69, 9.17) is 0 Å². The van der Waals surface area contributed by atoms with Gasteiger partial charge in [0.05, 0.1) is 0 Å². The van der Waals surface area contributed by atoms with E-state index in [1.807, 2.05) is 0 Å². The van der Waals surface area contributed by atoms with E-state index in [1.165, 1.54) is 44.9 Å². The van der Waals surface area contributed by atoms with Crippen LogP contribution in [0.5, 0.6) is 0 Å². The predicted octanol–water partition coefficient (Wildman–Crippen LogP) is 4.64. The third-order valence-corrected chi connectivity index (χ3v) is 4.84. The van der Waals surface area contributed by atoms with E-state index in [-0.39, 0.29) is 0 Å². The fraction of sp³-hybridized carbons (Fsp3) is 1.00. The molecule has 2 unspecified atom stereocenters. The maximum Gasteiger partial charge on any atom is -0.0360 e. The van der Waals surface area contributed by atoms with Crippen molar-refractivity contribution in [2.75, 3.05) is 0 Å².